The van der Waals surface area contributed by atoms with Gasteiger partial charge in [-0.1, -0.05) is 0 Å². The molecule has 2 heterocycles. The largest absolute Gasteiger partial charge is 0.461 e. The van der Waals surface area contributed by atoms with E-state index >= 15 is 0 Å². The van der Waals surface area contributed by atoms with Crippen molar-refractivity contribution in [2.75, 3.05) is 39.8 Å². The van der Waals surface area contributed by atoms with Crippen LogP contribution in [0.15, 0.2) is 16.7 Å². The molecule has 0 N–H and O–H groups in total. The zero-order chi connectivity index (χ0) is 12.8. The molecule has 1 aliphatic rings. The maximum Gasteiger partial charge on any atom is 0.185 e. The monoisotopic (exact) mass is 250 g/mol. The molecule has 1 aliphatic heterocycles. The van der Waals surface area contributed by atoms with Crippen LogP contribution < -0.4 is 0 Å². The maximum absolute atomic E-state index is 10.5. The molecule has 0 bridgehead atoms. The lowest BCUT2D eigenvalue weighted by Gasteiger charge is -2.32. The molecule has 1 fully saturated rings. The van der Waals surface area contributed by atoms with Gasteiger partial charge in [-0.05, 0) is 44.5 Å². The van der Waals surface area contributed by atoms with E-state index in [0.29, 0.717) is 5.76 Å². The minimum absolute atomic E-state index is 0.434. The molecule has 0 aromatic carbocycles. The number of piperazine rings is 1. The van der Waals surface area contributed by atoms with E-state index in [4.69, 9.17) is 4.42 Å². The van der Waals surface area contributed by atoms with Crippen molar-refractivity contribution in [1.82, 2.24) is 9.80 Å². The predicted octanol–water partition coefficient (Wildman–Crippen LogP) is 1.66. The average Bonchev–Trinajstić information content (AvgIpc) is 2.85. The number of unbranched alkanes of at least 4 members (excludes halogenated alkanes) is 1. The smallest absolute Gasteiger partial charge is 0.185 e. The molecule has 18 heavy (non-hydrogen) atoms. The lowest BCUT2D eigenvalue weighted by molar-refractivity contribution is 0.110. The Labute approximate surface area is 109 Å². The summed E-state index contributed by atoms with van der Waals surface area (Å²) in [5, 5.41) is 0. The molecule has 0 unspecified atom stereocenters. The fourth-order valence-corrected chi connectivity index (χ4v) is 2.32. The second kappa shape index (κ2) is 6.71. The fraction of sp³-hybridized carbons (Fsp3) is 0.643. The fourth-order valence-electron chi connectivity index (χ4n) is 2.32. The van der Waals surface area contributed by atoms with Crippen LogP contribution in [-0.2, 0) is 6.42 Å². The highest BCUT2D eigenvalue weighted by atomic mass is 16.3. The summed E-state index contributed by atoms with van der Waals surface area (Å²) in [4.78, 5) is 15.4. The van der Waals surface area contributed by atoms with E-state index in [0.717, 1.165) is 24.7 Å². The zero-order valence-electron chi connectivity index (χ0n) is 11.1. The van der Waals surface area contributed by atoms with Crippen LogP contribution in [0.4, 0.5) is 0 Å². The summed E-state index contributed by atoms with van der Waals surface area (Å²) in [7, 11) is 2.18. The molecular weight excluding hydrogens is 228 g/mol. The maximum atomic E-state index is 10.5. The van der Waals surface area contributed by atoms with Crippen molar-refractivity contribution in [3.05, 3.63) is 23.7 Å². The number of aldehydes is 1. The standard InChI is InChI=1S/C14H22N2O2/c1-15-6-8-16(9-7-15)5-3-2-4-13-10-14(11-17)18-12-13/h10-12H,2-9H2,1H3. The Bertz CT molecular complexity index is 368. The van der Waals surface area contributed by atoms with Gasteiger partial charge in [0.2, 0.25) is 0 Å². The summed E-state index contributed by atoms with van der Waals surface area (Å²) in [5.74, 6) is 0.434. The van der Waals surface area contributed by atoms with Gasteiger partial charge in [-0.2, -0.15) is 0 Å². The van der Waals surface area contributed by atoms with Crippen LogP contribution in [0.25, 0.3) is 0 Å². The molecule has 0 atom stereocenters. The van der Waals surface area contributed by atoms with Crippen LogP contribution in [0, 0.1) is 0 Å². The van der Waals surface area contributed by atoms with Crippen molar-refractivity contribution in [2.24, 2.45) is 0 Å². The van der Waals surface area contributed by atoms with Crippen LogP contribution >= 0.6 is 0 Å². The topological polar surface area (TPSA) is 36.7 Å². The Morgan fingerprint density at radius 3 is 2.72 bits per heavy atom. The van der Waals surface area contributed by atoms with Crippen molar-refractivity contribution in [3.63, 3.8) is 0 Å². The number of nitrogens with zero attached hydrogens (tertiary/aromatic N) is 2. The lowest BCUT2D eigenvalue weighted by atomic mass is 10.1. The Kier molecular flexibility index (Phi) is 4.96. The zero-order valence-corrected chi connectivity index (χ0v) is 11.1. The highest BCUT2D eigenvalue weighted by molar-refractivity contribution is 5.70. The van der Waals surface area contributed by atoms with Gasteiger partial charge >= 0.3 is 0 Å². The van der Waals surface area contributed by atoms with Gasteiger partial charge in [0.1, 0.15) is 0 Å². The Morgan fingerprint density at radius 1 is 1.28 bits per heavy atom. The first-order chi connectivity index (χ1) is 8.78. The second-order valence-electron chi connectivity index (χ2n) is 5.08. The van der Waals surface area contributed by atoms with Gasteiger partial charge in [0, 0.05) is 26.2 Å². The molecule has 0 radical (unpaired) electrons. The van der Waals surface area contributed by atoms with Gasteiger partial charge in [0.25, 0.3) is 0 Å². The normalized spacial score (nSPS) is 18.1. The number of furan rings is 1. The molecule has 2 rings (SSSR count). The molecular formula is C14H22N2O2. The summed E-state index contributed by atoms with van der Waals surface area (Å²) >= 11 is 0. The molecule has 1 saturated heterocycles. The molecule has 0 amide bonds. The number of aryl methyl sites for hydroxylation is 1. The molecule has 0 saturated carbocycles. The number of hydrogen-bond acceptors (Lipinski definition) is 4. The van der Waals surface area contributed by atoms with Gasteiger partial charge in [-0.3, -0.25) is 4.79 Å². The quantitative estimate of drug-likeness (QED) is 0.568. The third-order valence-corrected chi connectivity index (χ3v) is 3.58. The van der Waals surface area contributed by atoms with Crippen LogP contribution in [0.2, 0.25) is 0 Å². The van der Waals surface area contributed by atoms with Crippen molar-refractivity contribution < 1.29 is 9.21 Å². The third kappa shape index (κ3) is 3.96. The Balaban J connectivity index is 1.59. The first-order valence-electron chi connectivity index (χ1n) is 6.71. The Morgan fingerprint density at radius 2 is 2.06 bits per heavy atom. The minimum Gasteiger partial charge on any atom is -0.461 e. The summed E-state index contributed by atoms with van der Waals surface area (Å²) in [5.41, 5.74) is 1.13. The molecule has 1 aromatic heterocycles. The highest BCUT2D eigenvalue weighted by Gasteiger charge is 2.12. The molecule has 0 spiro atoms. The number of hydrogen-bond donors (Lipinski definition) is 0. The van der Waals surface area contributed by atoms with Crippen LogP contribution in [-0.4, -0.2) is 55.9 Å². The number of carbonyl (C=O) groups excluding carboxylic acids is 1. The molecule has 4 nitrogen and oxygen atoms in total. The number of rotatable bonds is 6. The van der Waals surface area contributed by atoms with Crippen LogP contribution in [0.3, 0.4) is 0 Å². The van der Waals surface area contributed by atoms with Crippen molar-refractivity contribution in [1.29, 1.82) is 0 Å². The van der Waals surface area contributed by atoms with Gasteiger partial charge in [-0.25, -0.2) is 0 Å². The van der Waals surface area contributed by atoms with E-state index in [-0.39, 0.29) is 0 Å². The average molecular weight is 250 g/mol. The lowest BCUT2D eigenvalue weighted by Crippen LogP contribution is -2.44. The van der Waals surface area contributed by atoms with Gasteiger partial charge in [0.15, 0.2) is 12.0 Å². The number of likely N-dealkylation sites (N-methyl/N-ethyl adjacent to an activating group) is 1. The van der Waals surface area contributed by atoms with E-state index in [9.17, 15) is 4.79 Å². The first-order valence-corrected chi connectivity index (χ1v) is 6.71. The summed E-state index contributed by atoms with van der Waals surface area (Å²) in [6.07, 6.45) is 5.83. The SMILES string of the molecule is CN1CCN(CCCCc2coc(C=O)c2)CC1. The van der Waals surface area contributed by atoms with E-state index in [1.54, 1.807) is 6.26 Å². The third-order valence-electron chi connectivity index (χ3n) is 3.58. The van der Waals surface area contributed by atoms with E-state index in [1.807, 2.05) is 6.07 Å². The van der Waals surface area contributed by atoms with Crippen molar-refractivity contribution >= 4 is 6.29 Å². The number of carbonyl (C=O) groups is 1. The second-order valence-corrected chi connectivity index (χ2v) is 5.08. The van der Waals surface area contributed by atoms with E-state index in [2.05, 4.69) is 16.8 Å². The molecule has 0 aliphatic carbocycles. The van der Waals surface area contributed by atoms with Crippen LogP contribution in [0.1, 0.15) is 29.0 Å². The van der Waals surface area contributed by atoms with Gasteiger partial charge in [0.05, 0.1) is 6.26 Å². The summed E-state index contributed by atoms with van der Waals surface area (Å²) in [6, 6.07) is 1.84. The van der Waals surface area contributed by atoms with E-state index < -0.39 is 0 Å². The minimum atomic E-state index is 0.434. The predicted molar refractivity (Wildman–Crippen MR) is 71.0 cm³/mol. The highest BCUT2D eigenvalue weighted by Crippen LogP contribution is 2.10. The molecule has 100 valence electrons. The van der Waals surface area contributed by atoms with Crippen LogP contribution in [0.5, 0.6) is 0 Å². The van der Waals surface area contributed by atoms with Gasteiger partial charge < -0.3 is 14.2 Å². The molecule has 1 aromatic rings. The summed E-state index contributed by atoms with van der Waals surface area (Å²) < 4.78 is 5.09. The van der Waals surface area contributed by atoms with Crippen molar-refractivity contribution in [2.45, 2.75) is 19.3 Å². The first kappa shape index (κ1) is 13.3. The Hall–Kier alpha value is -1.13. The van der Waals surface area contributed by atoms with Gasteiger partial charge in [-0.15, -0.1) is 0 Å². The van der Waals surface area contributed by atoms with Crippen molar-refractivity contribution in [3.8, 4) is 0 Å². The van der Waals surface area contributed by atoms with E-state index in [1.165, 1.54) is 39.1 Å². The molecule has 4 heteroatoms. The summed E-state index contributed by atoms with van der Waals surface area (Å²) in [6.45, 7) is 5.94.